The van der Waals surface area contributed by atoms with Crippen LogP contribution in [-0.4, -0.2) is 44.2 Å². The number of likely N-dealkylation sites (tertiary alicyclic amines) is 1. The van der Waals surface area contributed by atoms with E-state index in [1.165, 1.54) is 7.11 Å². The maximum atomic E-state index is 14.5. The van der Waals surface area contributed by atoms with E-state index in [4.69, 9.17) is 4.74 Å². The number of ether oxygens (including phenoxy) is 1. The number of rotatable bonds is 4. The SMILES string of the molecule is COC(=O)C1CCN(Cc2c(C)cc(C3CNC3)cc2F)CC1. The smallest absolute Gasteiger partial charge is 0.308 e. The Morgan fingerprint density at radius 3 is 2.57 bits per heavy atom. The number of carbonyl (C=O) groups is 1. The fourth-order valence-corrected chi connectivity index (χ4v) is 3.48. The van der Waals surface area contributed by atoms with E-state index < -0.39 is 0 Å². The van der Waals surface area contributed by atoms with Crippen LogP contribution in [0, 0.1) is 18.7 Å². The summed E-state index contributed by atoms with van der Waals surface area (Å²) >= 11 is 0. The number of nitrogens with one attached hydrogen (secondary N) is 1. The topological polar surface area (TPSA) is 41.6 Å². The molecule has 2 heterocycles. The number of carbonyl (C=O) groups excluding carboxylic acids is 1. The molecule has 0 amide bonds. The van der Waals surface area contributed by atoms with Crippen LogP contribution in [0.2, 0.25) is 0 Å². The number of hydrogen-bond acceptors (Lipinski definition) is 4. The first-order chi connectivity index (χ1) is 11.1. The Morgan fingerprint density at radius 1 is 1.35 bits per heavy atom. The molecule has 0 radical (unpaired) electrons. The zero-order chi connectivity index (χ0) is 16.4. The lowest BCUT2D eigenvalue weighted by atomic mass is 9.90. The molecule has 126 valence electrons. The summed E-state index contributed by atoms with van der Waals surface area (Å²) in [6, 6.07) is 3.83. The van der Waals surface area contributed by atoms with Gasteiger partial charge in [-0.15, -0.1) is 0 Å². The molecule has 3 rings (SSSR count). The van der Waals surface area contributed by atoms with E-state index in [-0.39, 0.29) is 17.7 Å². The van der Waals surface area contributed by atoms with Gasteiger partial charge in [-0.3, -0.25) is 9.69 Å². The van der Waals surface area contributed by atoms with E-state index in [1.807, 2.05) is 6.92 Å². The molecular weight excluding hydrogens is 295 g/mol. The third-order valence-electron chi connectivity index (χ3n) is 5.20. The lowest BCUT2D eigenvalue weighted by Crippen LogP contribution is -2.40. The van der Waals surface area contributed by atoms with E-state index in [0.29, 0.717) is 12.5 Å². The minimum atomic E-state index is -0.120. The first-order valence-electron chi connectivity index (χ1n) is 8.38. The van der Waals surface area contributed by atoms with Gasteiger partial charge in [-0.25, -0.2) is 4.39 Å². The Bertz CT molecular complexity index is 555. The van der Waals surface area contributed by atoms with Crippen LogP contribution >= 0.6 is 0 Å². The van der Waals surface area contributed by atoms with Crippen molar-refractivity contribution in [3.8, 4) is 0 Å². The lowest BCUT2D eigenvalue weighted by molar-refractivity contribution is -0.147. The molecule has 4 nitrogen and oxygen atoms in total. The Hall–Kier alpha value is -1.46. The van der Waals surface area contributed by atoms with Crippen LogP contribution in [-0.2, 0) is 16.1 Å². The van der Waals surface area contributed by atoms with Crippen LogP contribution in [0.15, 0.2) is 12.1 Å². The number of methoxy groups -OCH3 is 1. The zero-order valence-electron chi connectivity index (χ0n) is 13.9. The first kappa shape index (κ1) is 16.4. The largest absolute Gasteiger partial charge is 0.469 e. The summed E-state index contributed by atoms with van der Waals surface area (Å²) in [4.78, 5) is 13.8. The van der Waals surface area contributed by atoms with Crippen LogP contribution in [0.5, 0.6) is 0 Å². The van der Waals surface area contributed by atoms with Crippen molar-refractivity contribution in [2.24, 2.45) is 5.92 Å². The van der Waals surface area contributed by atoms with Crippen molar-refractivity contribution < 1.29 is 13.9 Å². The van der Waals surface area contributed by atoms with Crippen molar-refractivity contribution in [2.75, 3.05) is 33.3 Å². The number of esters is 1. The predicted molar refractivity (Wildman–Crippen MR) is 86.8 cm³/mol. The van der Waals surface area contributed by atoms with E-state index in [2.05, 4.69) is 16.3 Å². The number of hydrogen-bond donors (Lipinski definition) is 1. The molecular formula is C18H25FN2O2. The van der Waals surface area contributed by atoms with Crippen molar-refractivity contribution >= 4 is 5.97 Å². The second kappa shape index (κ2) is 6.97. The molecule has 0 aromatic heterocycles. The highest BCUT2D eigenvalue weighted by Gasteiger charge is 2.27. The third-order valence-corrected chi connectivity index (χ3v) is 5.20. The highest BCUT2D eigenvalue weighted by molar-refractivity contribution is 5.72. The van der Waals surface area contributed by atoms with E-state index >= 15 is 0 Å². The van der Waals surface area contributed by atoms with Crippen molar-refractivity contribution in [1.82, 2.24) is 10.2 Å². The fourth-order valence-electron chi connectivity index (χ4n) is 3.48. The van der Waals surface area contributed by atoms with Crippen LogP contribution in [0.3, 0.4) is 0 Å². The van der Waals surface area contributed by atoms with Crippen molar-refractivity contribution in [1.29, 1.82) is 0 Å². The number of piperidine rings is 1. The Kier molecular flexibility index (Phi) is 4.97. The Balaban J connectivity index is 1.63. The third kappa shape index (κ3) is 3.56. The molecule has 0 saturated carbocycles. The molecule has 1 aromatic rings. The monoisotopic (exact) mass is 320 g/mol. The van der Waals surface area contributed by atoms with E-state index in [1.54, 1.807) is 6.07 Å². The molecule has 0 unspecified atom stereocenters. The van der Waals surface area contributed by atoms with Gasteiger partial charge < -0.3 is 10.1 Å². The summed E-state index contributed by atoms with van der Waals surface area (Å²) in [5.41, 5.74) is 2.92. The quantitative estimate of drug-likeness (QED) is 0.864. The minimum absolute atomic E-state index is 0.00399. The Labute approximate surface area is 137 Å². The molecule has 5 heteroatoms. The van der Waals surface area contributed by atoms with Crippen LogP contribution in [0.4, 0.5) is 4.39 Å². The average Bonchev–Trinajstić information content (AvgIpc) is 2.49. The second-order valence-corrected chi connectivity index (χ2v) is 6.73. The van der Waals surface area contributed by atoms with E-state index in [0.717, 1.165) is 55.7 Å². The van der Waals surface area contributed by atoms with Crippen molar-refractivity contribution in [3.05, 3.63) is 34.6 Å². The van der Waals surface area contributed by atoms with Gasteiger partial charge in [-0.05, 0) is 50.0 Å². The summed E-state index contributed by atoms with van der Waals surface area (Å²) < 4.78 is 19.3. The van der Waals surface area contributed by atoms with Crippen molar-refractivity contribution in [3.63, 3.8) is 0 Å². The van der Waals surface area contributed by atoms with Gasteiger partial charge >= 0.3 is 5.97 Å². The number of benzene rings is 1. The normalized spacial score (nSPS) is 20.3. The summed E-state index contributed by atoms with van der Waals surface area (Å²) in [5.74, 6) is 0.233. The second-order valence-electron chi connectivity index (χ2n) is 6.73. The van der Waals surface area contributed by atoms with Gasteiger partial charge in [0.2, 0.25) is 0 Å². The van der Waals surface area contributed by atoms with Gasteiger partial charge in [0.25, 0.3) is 0 Å². The Morgan fingerprint density at radius 2 is 2.04 bits per heavy atom. The molecule has 0 aliphatic carbocycles. The number of aryl methyl sites for hydroxylation is 1. The zero-order valence-corrected chi connectivity index (χ0v) is 13.9. The highest BCUT2D eigenvalue weighted by Crippen LogP contribution is 2.27. The molecule has 2 fully saturated rings. The summed E-state index contributed by atoms with van der Waals surface area (Å²) in [6.07, 6.45) is 1.58. The summed E-state index contributed by atoms with van der Waals surface area (Å²) in [5, 5.41) is 3.23. The summed E-state index contributed by atoms with van der Waals surface area (Å²) in [6.45, 7) is 6.13. The summed E-state index contributed by atoms with van der Waals surface area (Å²) in [7, 11) is 1.44. The molecule has 0 spiro atoms. The van der Waals surface area contributed by atoms with Crippen LogP contribution in [0.1, 0.15) is 35.4 Å². The van der Waals surface area contributed by atoms with Gasteiger partial charge in [0.15, 0.2) is 0 Å². The molecule has 1 N–H and O–H groups in total. The van der Waals surface area contributed by atoms with E-state index in [9.17, 15) is 9.18 Å². The van der Waals surface area contributed by atoms with Gasteiger partial charge in [-0.2, -0.15) is 0 Å². The number of halogens is 1. The minimum Gasteiger partial charge on any atom is -0.469 e. The molecule has 2 saturated heterocycles. The first-order valence-corrected chi connectivity index (χ1v) is 8.38. The van der Waals surface area contributed by atoms with Crippen molar-refractivity contribution in [2.45, 2.75) is 32.2 Å². The maximum absolute atomic E-state index is 14.5. The average molecular weight is 320 g/mol. The van der Waals surface area contributed by atoms with Gasteiger partial charge in [0.05, 0.1) is 13.0 Å². The van der Waals surface area contributed by atoms with Crippen LogP contribution < -0.4 is 5.32 Å². The van der Waals surface area contributed by atoms with Gasteiger partial charge in [0.1, 0.15) is 5.82 Å². The standard InChI is InChI=1S/C18H25FN2O2/c1-12-7-14(15-9-20-10-15)8-17(19)16(12)11-21-5-3-13(4-6-21)18(22)23-2/h7-8,13,15,20H,3-6,9-11H2,1-2H3. The molecule has 23 heavy (non-hydrogen) atoms. The molecule has 0 atom stereocenters. The predicted octanol–water partition coefficient (Wildman–Crippen LogP) is 2.21. The molecule has 2 aliphatic rings. The lowest BCUT2D eigenvalue weighted by Gasteiger charge is -2.32. The molecule has 2 aliphatic heterocycles. The number of nitrogens with zero attached hydrogens (tertiary/aromatic N) is 1. The fraction of sp³-hybridized carbons (Fsp3) is 0.611. The van der Waals surface area contributed by atoms with Gasteiger partial charge in [0, 0.05) is 31.1 Å². The van der Waals surface area contributed by atoms with Crippen LogP contribution in [0.25, 0.3) is 0 Å². The maximum Gasteiger partial charge on any atom is 0.308 e. The molecule has 0 bridgehead atoms. The molecule has 1 aromatic carbocycles. The van der Waals surface area contributed by atoms with Gasteiger partial charge in [-0.1, -0.05) is 6.07 Å². The highest BCUT2D eigenvalue weighted by atomic mass is 19.1.